The smallest absolute Gasteiger partial charge is 0.337 e. The number of amides is 1. The van der Waals surface area contributed by atoms with Crippen LogP contribution in [0.4, 0.5) is 17.2 Å². The Morgan fingerprint density at radius 1 is 0.966 bits per heavy atom. The molecule has 148 valence electrons. The molecule has 0 aliphatic carbocycles. The number of hydrogen-bond acceptors (Lipinski definition) is 6. The molecule has 29 heavy (non-hydrogen) atoms. The summed E-state index contributed by atoms with van der Waals surface area (Å²) in [4.78, 5) is 32.3. The molecule has 0 spiro atoms. The van der Waals surface area contributed by atoms with Gasteiger partial charge in [-0.25, -0.2) is 14.8 Å². The van der Waals surface area contributed by atoms with Crippen LogP contribution < -0.4 is 10.6 Å². The van der Waals surface area contributed by atoms with E-state index >= 15 is 0 Å². The summed E-state index contributed by atoms with van der Waals surface area (Å²) < 4.78 is 4.65. The number of carbonyl (C=O) groups is 2. The van der Waals surface area contributed by atoms with Gasteiger partial charge in [0.25, 0.3) is 5.91 Å². The van der Waals surface area contributed by atoms with Gasteiger partial charge in [0.15, 0.2) is 0 Å². The molecule has 0 aliphatic heterocycles. The number of rotatable bonds is 6. The molecule has 0 radical (unpaired) electrons. The summed E-state index contributed by atoms with van der Waals surface area (Å²) in [6, 6.07) is 14.4. The monoisotopic (exact) mass is 390 g/mol. The van der Waals surface area contributed by atoms with Crippen LogP contribution in [-0.4, -0.2) is 29.0 Å². The molecule has 1 amide bonds. The van der Waals surface area contributed by atoms with Crippen LogP contribution in [0.5, 0.6) is 0 Å². The summed E-state index contributed by atoms with van der Waals surface area (Å²) in [5.41, 5.74) is 3.26. The minimum Gasteiger partial charge on any atom is -0.465 e. The van der Waals surface area contributed by atoms with Crippen molar-refractivity contribution < 1.29 is 14.3 Å². The molecule has 0 saturated heterocycles. The zero-order valence-corrected chi connectivity index (χ0v) is 16.5. The van der Waals surface area contributed by atoms with E-state index in [0.717, 1.165) is 5.69 Å². The molecule has 0 fully saturated rings. The third-order valence-corrected chi connectivity index (χ3v) is 4.29. The molecule has 3 aromatic rings. The molecule has 0 bridgehead atoms. The molecule has 7 nitrogen and oxygen atoms in total. The fourth-order valence-electron chi connectivity index (χ4n) is 2.76. The van der Waals surface area contributed by atoms with Crippen molar-refractivity contribution in [2.24, 2.45) is 0 Å². The van der Waals surface area contributed by atoms with Crippen molar-refractivity contribution in [2.45, 2.75) is 19.8 Å². The van der Waals surface area contributed by atoms with Crippen molar-refractivity contribution in [3.05, 3.63) is 77.7 Å². The van der Waals surface area contributed by atoms with Gasteiger partial charge < -0.3 is 15.4 Å². The Kier molecular flexibility index (Phi) is 6.19. The molecule has 2 N–H and O–H groups in total. The Hall–Kier alpha value is -3.74. The number of para-hydroxylation sites is 1. The van der Waals surface area contributed by atoms with E-state index in [-0.39, 0.29) is 5.69 Å². The van der Waals surface area contributed by atoms with E-state index in [1.165, 1.54) is 25.1 Å². The van der Waals surface area contributed by atoms with E-state index in [2.05, 4.69) is 45.3 Å². The molecule has 3 rings (SSSR count). The fraction of sp³-hybridized carbons (Fsp3) is 0.182. The molecule has 0 atom stereocenters. The quantitative estimate of drug-likeness (QED) is 0.607. The number of hydrogen-bond donors (Lipinski definition) is 2. The van der Waals surface area contributed by atoms with Gasteiger partial charge in [0.2, 0.25) is 0 Å². The van der Waals surface area contributed by atoms with E-state index < -0.39 is 11.9 Å². The molecular weight excluding hydrogens is 368 g/mol. The highest BCUT2D eigenvalue weighted by molar-refractivity contribution is 6.03. The Labute approximate surface area is 169 Å². The zero-order chi connectivity index (χ0) is 20.8. The second-order valence-electron chi connectivity index (χ2n) is 6.68. The average molecular weight is 390 g/mol. The van der Waals surface area contributed by atoms with Crippen molar-refractivity contribution in [2.75, 3.05) is 17.7 Å². The topological polar surface area (TPSA) is 93.2 Å². The summed E-state index contributed by atoms with van der Waals surface area (Å²) >= 11 is 0. The first kappa shape index (κ1) is 20.0. The molecule has 1 heterocycles. The van der Waals surface area contributed by atoms with E-state index in [9.17, 15) is 9.59 Å². The molecule has 2 aromatic carbocycles. The second-order valence-corrected chi connectivity index (χ2v) is 6.68. The number of carbonyl (C=O) groups excluding carboxylic acids is 2. The number of nitrogens with one attached hydrogen (secondary N) is 2. The van der Waals surface area contributed by atoms with Gasteiger partial charge in [0.1, 0.15) is 11.5 Å². The molecule has 7 heteroatoms. The Morgan fingerprint density at radius 2 is 1.69 bits per heavy atom. The maximum atomic E-state index is 12.4. The van der Waals surface area contributed by atoms with E-state index in [1.54, 1.807) is 24.3 Å². The predicted octanol–water partition coefficient (Wildman–Crippen LogP) is 4.38. The van der Waals surface area contributed by atoms with Gasteiger partial charge in [-0.1, -0.05) is 32.0 Å². The van der Waals surface area contributed by atoms with Crippen LogP contribution in [0, 0.1) is 0 Å². The second kappa shape index (κ2) is 8.97. The van der Waals surface area contributed by atoms with Gasteiger partial charge in [0.05, 0.1) is 25.1 Å². The van der Waals surface area contributed by atoms with Crippen molar-refractivity contribution >= 4 is 29.1 Å². The van der Waals surface area contributed by atoms with E-state index in [1.807, 2.05) is 18.2 Å². The SMILES string of the molecule is COC(=O)c1ccc(NC(=O)c2cnc(Nc3ccccc3C(C)C)cn2)cc1. The maximum absolute atomic E-state index is 12.4. The molecular formula is C22H22N4O3. The average Bonchev–Trinajstić information content (AvgIpc) is 2.74. The first-order valence-corrected chi connectivity index (χ1v) is 9.15. The molecule has 1 aromatic heterocycles. The number of aromatic nitrogens is 2. The number of benzene rings is 2. The summed E-state index contributed by atoms with van der Waals surface area (Å²) in [7, 11) is 1.32. The highest BCUT2D eigenvalue weighted by Crippen LogP contribution is 2.25. The summed E-state index contributed by atoms with van der Waals surface area (Å²) in [5, 5.41) is 5.96. The molecule has 0 aliphatic rings. The standard InChI is InChI=1S/C22H22N4O3/c1-14(2)17-6-4-5-7-18(17)26-20-13-23-19(12-24-20)21(27)25-16-10-8-15(9-11-16)22(28)29-3/h4-14H,1-3H3,(H,24,26)(H,25,27). The Morgan fingerprint density at radius 3 is 2.31 bits per heavy atom. The first-order chi connectivity index (χ1) is 14.0. The molecule has 0 unspecified atom stereocenters. The van der Waals surface area contributed by atoms with Crippen molar-refractivity contribution in [3.8, 4) is 0 Å². The normalized spacial score (nSPS) is 10.5. The number of ether oxygens (including phenoxy) is 1. The highest BCUT2D eigenvalue weighted by Gasteiger charge is 2.11. The van der Waals surface area contributed by atoms with Gasteiger partial charge in [-0.15, -0.1) is 0 Å². The zero-order valence-electron chi connectivity index (χ0n) is 16.5. The van der Waals surface area contributed by atoms with Gasteiger partial charge in [-0.2, -0.15) is 0 Å². The van der Waals surface area contributed by atoms with Gasteiger partial charge in [-0.3, -0.25) is 4.79 Å². The van der Waals surface area contributed by atoms with Crippen LogP contribution in [0.1, 0.15) is 46.2 Å². The van der Waals surface area contributed by atoms with Crippen LogP contribution >= 0.6 is 0 Å². The van der Waals surface area contributed by atoms with Gasteiger partial charge >= 0.3 is 5.97 Å². The number of nitrogens with zero attached hydrogens (tertiary/aromatic N) is 2. The summed E-state index contributed by atoms with van der Waals surface area (Å²) in [6.45, 7) is 4.24. The van der Waals surface area contributed by atoms with Crippen molar-refractivity contribution in [1.82, 2.24) is 9.97 Å². The van der Waals surface area contributed by atoms with Crippen molar-refractivity contribution in [3.63, 3.8) is 0 Å². The number of methoxy groups -OCH3 is 1. The lowest BCUT2D eigenvalue weighted by atomic mass is 10.0. The summed E-state index contributed by atoms with van der Waals surface area (Å²) in [5.74, 6) is 0.0904. The first-order valence-electron chi connectivity index (χ1n) is 9.15. The van der Waals surface area contributed by atoms with Crippen LogP contribution in [0.3, 0.4) is 0 Å². The third-order valence-electron chi connectivity index (χ3n) is 4.29. The van der Waals surface area contributed by atoms with Gasteiger partial charge in [-0.05, 0) is 41.8 Å². The number of anilines is 3. The lowest BCUT2D eigenvalue weighted by Crippen LogP contribution is -2.14. The van der Waals surface area contributed by atoms with Crippen LogP contribution in [0.2, 0.25) is 0 Å². The van der Waals surface area contributed by atoms with E-state index in [0.29, 0.717) is 23.0 Å². The third kappa shape index (κ3) is 4.95. The number of esters is 1. The molecule has 0 saturated carbocycles. The van der Waals surface area contributed by atoms with Crippen molar-refractivity contribution in [1.29, 1.82) is 0 Å². The van der Waals surface area contributed by atoms with Crippen LogP contribution in [0.15, 0.2) is 60.9 Å². The van der Waals surface area contributed by atoms with Crippen LogP contribution in [-0.2, 0) is 4.74 Å². The minimum atomic E-state index is -0.434. The predicted molar refractivity (Wildman–Crippen MR) is 112 cm³/mol. The maximum Gasteiger partial charge on any atom is 0.337 e. The Balaban J connectivity index is 1.67. The fourth-order valence-corrected chi connectivity index (χ4v) is 2.76. The minimum absolute atomic E-state index is 0.185. The lowest BCUT2D eigenvalue weighted by molar-refractivity contribution is 0.0600. The largest absolute Gasteiger partial charge is 0.465 e. The lowest BCUT2D eigenvalue weighted by Gasteiger charge is -2.14. The van der Waals surface area contributed by atoms with Crippen LogP contribution in [0.25, 0.3) is 0 Å². The summed E-state index contributed by atoms with van der Waals surface area (Å²) in [6.07, 6.45) is 2.94. The van der Waals surface area contributed by atoms with Gasteiger partial charge in [0, 0.05) is 11.4 Å². The highest BCUT2D eigenvalue weighted by atomic mass is 16.5. The Bertz CT molecular complexity index is 999. The van der Waals surface area contributed by atoms with E-state index in [4.69, 9.17) is 0 Å².